The van der Waals surface area contributed by atoms with E-state index in [4.69, 9.17) is 0 Å². The maximum Gasteiger partial charge on any atom is 0.433 e. The number of fused-ring (bicyclic) bond motifs is 1. The Morgan fingerprint density at radius 2 is 1.94 bits per heavy atom. The van der Waals surface area contributed by atoms with Crippen LogP contribution < -0.4 is 5.32 Å². The number of nitrogens with zero attached hydrogens (tertiary/aromatic N) is 3. The predicted molar refractivity (Wildman–Crippen MR) is 124 cm³/mol. The summed E-state index contributed by atoms with van der Waals surface area (Å²) < 4.78 is 64.5. The van der Waals surface area contributed by atoms with Crippen molar-refractivity contribution >= 4 is 32.5 Å². The van der Waals surface area contributed by atoms with Crippen LogP contribution in [0.4, 0.5) is 18.9 Å². The van der Waals surface area contributed by atoms with Crippen molar-refractivity contribution in [1.29, 1.82) is 0 Å². The lowest BCUT2D eigenvalue weighted by atomic mass is 9.95. The van der Waals surface area contributed by atoms with Crippen LogP contribution >= 0.6 is 0 Å². The quantitative estimate of drug-likeness (QED) is 0.544. The molecule has 2 N–H and O–H groups in total. The molecule has 1 fully saturated rings. The van der Waals surface area contributed by atoms with Crippen LogP contribution in [0.15, 0.2) is 30.3 Å². The molecule has 0 radical (unpaired) electrons. The summed E-state index contributed by atoms with van der Waals surface area (Å²) in [4.78, 5) is 20.8. The number of hydrogen-bond acceptors (Lipinski definition) is 6. The van der Waals surface area contributed by atoms with Crippen molar-refractivity contribution in [2.75, 3.05) is 16.8 Å². The van der Waals surface area contributed by atoms with Gasteiger partial charge in [-0.15, -0.1) is 0 Å². The highest BCUT2D eigenvalue weighted by atomic mass is 32.2. The lowest BCUT2D eigenvalue weighted by Crippen LogP contribution is -2.22. The van der Waals surface area contributed by atoms with Gasteiger partial charge in [0.05, 0.1) is 28.1 Å². The second-order valence-corrected chi connectivity index (χ2v) is 11.6. The number of carbonyl (C=O) groups excluding carboxylic acids is 1. The molecular weight excluding hydrogens is 485 g/mol. The molecule has 3 heterocycles. The second-order valence-electron chi connectivity index (χ2n) is 9.37. The number of amides is 1. The number of sulfone groups is 1. The zero-order valence-electron chi connectivity index (χ0n) is 19.3. The third-order valence-electron chi connectivity index (χ3n) is 6.09. The number of aliphatic hydroxyl groups is 1. The van der Waals surface area contributed by atoms with Crippen LogP contribution in [0.25, 0.3) is 11.0 Å². The Morgan fingerprint density at radius 1 is 1.23 bits per heavy atom. The molecule has 1 aliphatic heterocycles. The number of aryl methyl sites for hydroxylation is 1. The summed E-state index contributed by atoms with van der Waals surface area (Å²) in [7, 11) is -1.28. The number of imidazole rings is 1. The van der Waals surface area contributed by atoms with E-state index in [9.17, 15) is 31.5 Å². The largest absolute Gasteiger partial charge is 0.433 e. The third kappa shape index (κ3) is 5.32. The number of hydrogen-bond donors (Lipinski definition) is 2. The summed E-state index contributed by atoms with van der Waals surface area (Å²) in [6.07, 6.45) is -3.68. The molecule has 2 aromatic heterocycles. The number of pyridine rings is 1. The molecule has 4 rings (SSSR count). The highest BCUT2D eigenvalue weighted by Crippen LogP contribution is 2.34. The van der Waals surface area contributed by atoms with Gasteiger partial charge < -0.3 is 15.0 Å². The highest BCUT2D eigenvalue weighted by Gasteiger charge is 2.33. The van der Waals surface area contributed by atoms with Crippen molar-refractivity contribution in [1.82, 2.24) is 14.5 Å². The van der Waals surface area contributed by atoms with Gasteiger partial charge in [0, 0.05) is 24.7 Å². The average Bonchev–Trinajstić information content (AvgIpc) is 3.24. The minimum atomic E-state index is -4.70. The van der Waals surface area contributed by atoms with E-state index in [0.717, 1.165) is 12.1 Å². The second kappa shape index (κ2) is 8.59. The van der Waals surface area contributed by atoms with E-state index >= 15 is 0 Å². The fourth-order valence-corrected chi connectivity index (χ4v) is 6.14. The number of benzene rings is 1. The summed E-state index contributed by atoms with van der Waals surface area (Å²) in [5, 5.41) is 13.3. The third-order valence-corrected chi connectivity index (χ3v) is 7.93. The fraction of sp³-hybridized carbons (Fsp3) is 0.435. The number of alkyl halides is 3. The molecule has 35 heavy (non-hydrogen) atoms. The van der Waals surface area contributed by atoms with E-state index in [2.05, 4.69) is 15.3 Å². The van der Waals surface area contributed by atoms with Gasteiger partial charge in [0.1, 0.15) is 17.2 Å². The fourth-order valence-electron chi connectivity index (χ4n) is 4.28. The number of nitrogens with one attached hydrogen (secondary N) is 1. The van der Waals surface area contributed by atoms with Crippen LogP contribution in [-0.4, -0.2) is 45.5 Å². The van der Waals surface area contributed by atoms with Gasteiger partial charge in [-0.1, -0.05) is 6.07 Å². The van der Waals surface area contributed by atoms with Gasteiger partial charge in [-0.25, -0.2) is 18.4 Å². The van der Waals surface area contributed by atoms with Crippen LogP contribution in [0.1, 0.15) is 47.8 Å². The molecule has 3 aromatic rings. The van der Waals surface area contributed by atoms with Crippen molar-refractivity contribution in [2.45, 2.75) is 38.5 Å². The van der Waals surface area contributed by atoms with Gasteiger partial charge in [-0.2, -0.15) is 13.2 Å². The normalized spacial score (nSPS) is 18.2. The molecule has 0 aliphatic carbocycles. The van der Waals surface area contributed by atoms with Gasteiger partial charge in [0.15, 0.2) is 9.84 Å². The Balaban J connectivity index is 1.70. The molecule has 1 aliphatic rings. The topological polar surface area (TPSA) is 114 Å². The molecule has 0 bridgehead atoms. The van der Waals surface area contributed by atoms with Crippen LogP contribution in [0.2, 0.25) is 0 Å². The number of rotatable bonds is 5. The van der Waals surface area contributed by atoms with E-state index < -0.39 is 38.9 Å². The molecule has 1 aromatic carbocycles. The standard InChI is InChI=1S/C23H25F3N4O4S/c1-22(2,32)14-10-17-18(30(3)20(28-17)9-13-7-8-35(33,34)12-13)11-16(14)29-21(31)15-5-4-6-19(27-15)23(24,25)26/h4-6,10-11,13,32H,7-9,12H2,1-3H3,(H,29,31). The summed E-state index contributed by atoms with van der Waals surface area (Å²) in [6, 6.07) is 6.25. The SMILES string of the molecule is Cn1c(CC2CCS(=O)(=O)C2)nc2cc(C(C)(C)O)c(NC(=O)c3cccc(C(F)(F)F)n3)cc21. The van der Waals surface area contributed by atoms with Crippen molar-refractivity contribution in [2.24, 2.45) is 13.0 Å². The molecule has 0 spiro atoms. The molecular formula is C23H25F3N4O4S. The minimum Gasteiger partial charge on any atom is -0.386 e. The lowest BCUT2D eigenvalue weighted by Gasteiger charge is -2.22. The molecule has 0 saturated carbocycles. The zero-order chi connectivity index (χ0) is 25.8. The molecule has 1 atom stereocenters. The van der Waals surface area contributed by atoms with E-state index in [-0.39, 0.29) is 23.1 Å². The predicted octanol–water partition coefficient (Wildman–Crippen LogP) is 3.44. The summed E-state index contributed by atoms with van der Waals surface area (Å²) >= 11 is 0. The van der Waals surface area contributed by atoms with Gasteiger partial charge in [0.25, 0.3) is 5.91 Å². The number of aromatic nitrogens is 3. The monoisotopic (exact) mass is 510 g/mol. The van der Waals surface area contributed by atoms with Crippen molar-refractivity contribution in [3.8, 4) is 0 Å². The van der Waals surface area contributed by atoms with E-state index in [1.165, 1.54) is 19.9 Å². The zero-order valence-corrected chi connectivity index (χ0v) is 20.2. The molecule has 1 amide bonds. The maximum absolute atomic E-state index is 13.0. The molecule has 188 valence electrons. The molecule has 8 nitrogen and oxygen atoms in total. The Kier molecular flexibility index (Phi) is 6.17. The van der Waals surface area contributed by atoms with Gasteiger partial charge in [-0.05, 0) is 50.5 Å². The van der Waals surface area contributed by atoms with E-state index in [1.54, 1.807) is 23.7 Å². The summed E-state index contributed by atoms with van der Waals surface area (Å²) in [5.41, 5.74) is -1.35. The Bertz CT molecular complexity index is 1410. The smallest absolute Gasteiger partial charge is 0.386 e. The van der Waals surface area contributed by atoms with Crippen LogP contribution in [-0.2, 0) is 35.1 Å². The number of anilines is 1. The minimum absolute atomic E-state index is 0.0459. The van der Waals surface area contributed by atoms with Gasteiger partial charge in [-0.3, -0.25) is 4.79 Å². The lowest BCUT2D eigenvalue weighted by molar-refractivity contribution is -0.141. The average molecular weight is 511 g/mol. The Morgan fingerprint density at radius 3 is 2.54 bits per heavy atom. The van der Waals surface area contributed by atoms with E-state index in [0.29, 0.717) is 35.3 Å². The first-order valence-electron chi connectivity index (χ1n) is 10.9. The molecule has 1 unspecified atom stereocenters. The highest BCUT2D eigenvalue weighted by molar-refractivity contribution is 7.91. The van der Waals surface area contributed by atoms with Gasteiger partial charge in [0.2, 0.25) is 0 Å². The summed E-state index contributed by atoms with van der Waals surface area (Å²) in [6.45, 7) is 3.03. The summed E-state index contributed by atoms with van der Waals surface area (Å²) in [5.74, 6) is 0.0161. The first kappa shape index (κ1) is 25.1. The Hall–Kier alpha value is -2.99. The van der Waals surface area contributed by atoms with Crippen LogP contribution in [0, 0.1) is 5.92 Å². The first-order chi connectivity index (χ1) is 16.1. The van der Waals surface area contributed by atoms with Crippen LogP contribution in [0.3, 0.4) is 0 Å². The van der Waals surface area contributed by atoms with Crippen molar-refractivity contribution < 1.29 is 31.5 Å². The number of halogens is 3. The Labute approximate surface area is 200 Å². The van der Waals surface area contributed by atoms with Crippen LogP contribution in [0.5, 0.6) is 0 Å². The molecule has 1 saturated heterocycles. The van der Waals surface area contributed by atoms with Crippen molar-refractivity contribution in [3.05, 3.63) is 53.1 Å². The van der Waals surface area contributed by atoms with E-state index in [1.807, 2.05) is 0 Å². The van der Waals surface area contributed by atoms with Crippen molar-refractivity contribution in [3.63, 3.8) is 0 Å². The first-order valence-corrected chi connectivity index (χ1v) is 12.7. The maximum atomic E-state index is 13.0. The van der Waals surface area contributed by atoms with Gasteiger partial charge >= 0.3 is 6.18 Å². The molecule has 12 heteroatoms. The number of carbonyl (C=O) groups is 1.